The summed E-state index contributed by atoms with van der Waals surface area (Å²) in [6, 6.07) is 43.6. The Morgan fingerprint density at radius 3 is 0.868 bits per heavy atom. The summed E-state index contributed by atoms with van der Waals surface area (Å²) >= 11 is 0. The van der Waals surface area contributed by atoms with Crippen molar-refractivity contribution >= 4 is 46.4 Å². The molecule has 260 valence electrons. The molecule has 0 amide bonds. The van der Waals surface area contributed by atoms with Crippen LogP contribution in [0.15, 0.2) is 121 Å². The molecule has 0 saturated carbocycles. The first-order valence-corrected chi connectivity index (χ1v) is 17.8. The molecule has 0 fully saturated rings. The van der Waals surface area contributed by atoms with Gasteiger partial charge in [-0.05, 0) is 98.5 Å². The van der Waals surface area contributed by atoms with E-state index in [1.165, 1.54) is 22.3 Å². The average molecular weight is 730 g/mol. The summed E-state index contributed by atoms with van der Waals surface area (Å²) in [5.74, 6) is 0. The predicted molar refractivity (Wildman–Crippen MR) is 220 cm³/mol. The third kappa shape index (κ3) is 6.39. The summed E-state index contributed by atoms with van der Waals surface area (Å²) in [5, 5.41) is 0. The molecule has 0 radical (unpaired) electrons. The third-order valence-corrected chi connectivity index (χ3v) is 10.1. The molecule has 0 unspecified atom stereocenters. The molecule has 5 heteroatoms. The number of benzene rings is 4. The fraction of sp³-hybridized carbons (Fsp3) is 0.0833. The van der Waals surface area contributed by atoms with Crippen LogP contribution in [0, 0.1) is 27.7 Å². The number of nitrogens with zero attached hydrogens (tertiary/aromatic N) is 2. The van der Waals surface area contributed by atoms with Crippen molar-refractivity contribution in [2.45, 2.75) is 27.7 Å². The summed E-state index contributed by atoms with van der Waals surface area (Å²) in [6.45, 7) is 8.49. The minimum Gasteiger partial charge on any atom is -0.354 e. The molecule has 2 aliphatic rings. The maximum atomic E-state index is 5.40. The molecule has 4 nitrogen and oxygen atoms in total. The number of nitrogens with one attached hydrogen (secondary N) is 2. The monoisotopic (exact) mass is 728 g/mol. The van der Waals surface area contributed by atoms with Crippen LogP contribution in [0.3, 0.4) is 0 Å². The van der Waals surface area contributed by atoms with Gasteiger partial charge in [0, 0.05) is 60.8 Å². The zero-order valence-corrected chi connectivity index (χ0v) is 31.1. The topological polar surface area (TPSA) is 57.4 Å². The number of hydrogen-bond donors (Lipinski definition) is 2. The Morgan fingerprint density at radius 2 is 0.547 bits per heavy atom. The van der Waals surface area contributed by atoms with Gasteiger partial charge < -0.3 is 9.97 Å². The molecular formula is C48H38N4Ni. The van der Waals surface area contributed by atoms with Gasteiger partial charge in [-0.15, -0.1) is 0 Å². The zero-order chi connectivity index (χ0) is 35.3. The van der Waals surface area contributed by atoms with Crippen molar-refractivity contribution in [3.63, 3.8) is 0 Å². The summed E-state index contributed by atoms with van der Waals surface area (Å²) < 4.78 is 0. The minimum atomic E-state index is 0. The molecular weight excluding hydrogens is 691 g/mol. The van der Waals surface area contributed by atoms with Crippen molar-refractivity contribution in [2.75, 3.05) is 0 Å². The van der Waals surface area contributed by atoms with Crippen LogP contribution in [0.4, 0.5) is 0 Å². The predicted octanol–water partition coefficient (Wildman–Crippen LogP) is 12.6. The van der Waals surface area contributed by atoms with E-state index in [0.717, 1.165) is 89.4 Å². The normalized spacial score (nSPS) is 11.8. The molecule has 9 rings (SSSR count). The summed E-state index contributed by atoms with van der Waals surface area (Å²) in [6.07, 6.45) is 8.57. The van der Waals surface area contributed by atoms with E-state index >= 15 is 0 Å². The number of rotatable bonds is 4. The van der Waals surface area contributed by atoms with Crippen molar-refractivity contribution in [3.8, 4) is 44.5 Å². The Morgan fingerprint density at radius 1 is 0.302 bits per heavy atom. The molecule has 5 heterocycles. The van der Waals surface area contributed by atoms with Gasteiger partial charge in [-0.2, -0.15) is 0 Å². The number of aryl methyl sites for hydroxylation is 4. The summed E-state index contributed by atoms with van der Waals surface area (Å²) in [7, 11) is 0. The van der Waals surface area contributed by atoms with Crippen LogP contribution in [-0.2, 0) is 16.5 Å². The Balaban J connectivity index is 0.00000400. The SMILES string of the molecule is Cc1ccc(-c2c3nc(c(-c4ccc(C)cc4)c4ccc([nH]4)c(-c4ccc(C)cc4)c4ccc([nH]4)c(-c4ccc(C)cc4)c4nc2C=C4)C=C3)cc1.[Ni]. The molecule has 0 aliphatic carbocycles. The van der Waals surface area contributed by atoms with E-state index in [1.807, 2.05) is 0 Å². The van der Waals surface area contributed by atoms with E-state index in [4.69, 9.17) is 9.97 Å². The Kier molecular flexibility index (Phi) is 8.90. The van der Waals surface area contributed by atoms with Crippen LogP contribution < -0.4 is 0 Å². The molecule has 4 aromatic carbocycles. The van der Waals surface area contributed by atoms with Gasteiger partial charge in [-0.25, -0.2) is 9.97 Å². The molecule has 0 saturated heterocycles. The smallest absolute Gasteiger partial charge is 0.0738 e. The Bertz CT molecular complexity index is 2580. The fourth-order valence-electron chi connectivity index (χ4n) is 7.30. The Hall–Kier alpha value is -6.03. The van der Waals surface area contributed by atoms with E-state index in [2.05, 4.69) is 183 Å². The molecule has 2 aliphatic heterocycles. The van der Waals surface area contributed by atoms with Gasteiger partial charge in [0.05, 0.1) is 22.8 Å². The number of hydrogen-bond acceptors (Lipinski definition) is 2. The van der Waals surface area contributed by atoms with Crippen molar-refractivity contribution in [1.29, 1.82) is 0 Å². The average Bonchev–Trinajstić information content (AvgIpc) is 3.99. The number of H-pyrrole nitrogens is 2. The molecule has 0 atom stereocenters. The van der Waals surface area contributed by atoms with E-state index < -0.39 is 0 Å². The quantitative estimate of drug-likeness (QED) is 0.177. The van der Waals surface area contributed by atoms with E-state index in [0.29, 0.717) is 0 Å². The van der Waals surface area contributed by atoms with E-state index in [-0.39, 0.29) is 16.5 Å². The van der Waals surface area contributed by atoms with Crippen molar-refractivity contribution < 1.29 is 16.5 Å². The first kappa shape index (κ1) is 34.1. The second-order valence-corrected chi connectivity index (χ2v) is 14.0. The van der Waals surface area contributed by atoms with Crippen molar-refractivity contribution in [1.82, 2.24) is 19.9 Å². The van der Waals surface area contributed by atoms with Crippen LogP contribution in [0.1, 0.15) is 45.0 Å². The number of aromatic nitrogens is 4. The number of fused-ring (bicyclic) bond motifs is 8. The molecule has 53 heavy (non-hydrogen) atoms. The summed E-state index contributed by atoms with van der Waals surface area (Å²) in [5.41, 5.74) is 21.1. The maximum absolute atomic E-state index is 5.40. The Labute approximate surface area is 320 Å². The van der Waals surface area contributed by atoms with Gasteiger partial charge >= 0.3 is 0 Å². The number of aromatic amines is 2. The van der Waals surface area contributed by atoms with E-state index in [9.17, 15) is 0 Å². The van der Waals surface area contributed by atoms with Gasteiger partial charge in [0.2, 0.25) is 0 Å². The summed E-state index contributed by atoms with van der Waals surface area (Å²) in [4.78, 5) is 18.5. The van der Waals surface area contributed by atoms with Gasteiger partial charge in [-0.3, -0.25) is 0 Å². The van der Waals surface area contributed by atoms with Gasteiger partial charge in [0.15, 0.2) is 0 Å². The zero-order valence-electron chi connectivity index (χ0n) is 30.1. The van der Waals surface area contributed by atoms with E-state index in [1.54, 1.807) is 0 Å². The molecule has 3 aromatic heterocycles. The minimum absolute atomic E-state index is 0. The van der Waals surface area contributed by atoms with Gasteiger partial charge in [0.25, 0.3) is 0 Å². The third-order valence-electron chi connectivity index (χ3n) is 10.1. The van der Waals surface area contributed by atoms with Crippen LogP contribution in [0.2, 0.25) is 0 Å². The van der Waals surface area contributed by atoms with Gasteiger partial charge in [-0.1, -0.05) is 119 Å². The largest absolute Gasteiger partial charge is 0.354 e. The molecule has 8 bridgehead atoms. The van der Waals surface area contributed by atoms with Crippen LogP contribution in [0.25, 0.3) is 90.9 Å². The van der Waals surface area contributed by atoms with Gasteiger partial charge in [0.1, 0.15) is 0 Å². The molecule has 0 spiro atoms. The fourth-order valence-corrected chi connectivity index (χ4v) is 7.30. The first-order valence-electron chi connectivity index (χ1n) is 17.8. The van der Waals surface area contributed by atoms with Crippen molar-refractivity contribution in [2.24, 2.45) is 0 Å². The van der Waals surface area contributed by atoms with Crippen LogP contribution in [-0.4, -0.2) is 19.9 Å². The molecule has 2 N–H and O–H groups in total. The molecule has 7 aromatic rings. The second kappa shape index (κ2) is 13.8. The van der Waals surface area contributed by atoms with Crippen LogP contribution in [0.5, 0.6) is 0 Å². The van der Waals surface area contributed by atoms with Crippen molar-refractivity contribution in [3.05, 3.63) is 166 Å². The standard InChI is InChI=1S/C48H38N4.Ni/c1-29-5-13-33(14-6-29)45-37-21-23-39(49-37)46(34-15-7-30(2)8-16-34)41-25-27-43(51-41)48(36-19-11-32(4)12-20-36)44-28-26-42(52-44)47(40-24-22-38(45)50-40)35-17-9-31(3)10-18-35;/h5-28,49-50H,1-4H3;. The first-order chi connectivity index (χ1) is 25.4. The second-order valence-electron chi connectivity index (χ2n) is 14.0. The maximum Gasteiger partial charge on any atom is 0.0738 e. The van der Waals surface area contributed by atoms with Crippen LogP contribution >= 0.6 is 0 Å².